The normalized spacial score (nSPS) is 13.2. The Labute approximate surface area is 176 Å². The highest BCUT2D eigenvalue weighted by molar-refractivity contribution is 6.01. The van der Waals surface area contributed by atoms with Crippen LogP contribution in [0.25, 0.3) is 0 Å². The van der Waals surface area contributed by atoms with Crippen molar-refractivity contribution in [1.82, 2.24) is 19.4 Å². The van der Waals surface area contributed by atoms with Gasteiger partial charge in [0.05, 0.1) is 18.7 Å². The number of carbonyl (C=O) groups excluding carboxylic acids is 2. The van der Waals surface area contributed by atoms with Gasteiger partial charge in [-0.3, -0.25) is 9.59 Å². The van der Waals surface area contributed by atoms with Crippen LogP contribution < -0.4 is 0 Å². The predicted molar refractivity (Wildman–Crippen MR) is 114 cm³/mol. The summed E-state index contributed by atoms with van der Waals surface area (Å²) in [5, 5.41) is 0. The van der Waals surface area contributed by atoms with Crippen LogP contribution in [0.5, 0.6) is 0 Å². The summed E-state index contributed by atoms with van der Waals surface area (Å²) in [5.74, 6) is 0.141. The van der Waals surface area contributed by atoms with Gasteiger partial charge in [-0.25, -0.2) is 9.97 Å². The van der Waals surface area contributed by atoms with Crippen molar-refractivity contribution in [3.8, 4) is 0 Å². The lowest BCUT2D eigenvalue weighted by Crippen LogP contribution is -2.28. The quantitative estimate of drug-likeness (QED) is 0.634. The summed E-state index contributed by atoms with van der Waals surface area (Å²) in [7, 11) is 1.77. The van der Waals surface area contributed by atoms with Crippen LogP contribution in [0.15, 0.2) is 48.9 Å². The first-order valence-corrected chi connectivity index (χ1v) is 10.3. The lowest BCUT2D eigenvalue weighted by molar-refractivity contribution is -0.129. The molecule has 1 aliphatic rings. The minimum absolute atomic E-state index is 0.0188. The third kappa shape index (κ3) is 4.03. The van der Waals surface area contributed by atoms with Crippen molar-refractivity contribution in [2.75, 3.05) is 7.05 Å². The van der Waals surface area contributed by atoms with Crippen LogP contribution in [-0.4, -0.2) is 38.2 Å². The molecule has 0 saturated heterocycles. The molecule has 0 aliphatic heterocycles. The highest BCUT2D eigenvalue weighted by atomic mass is 16.2. The second-order valence-electron chi connectivity index (χ2n) is 7.86. The standard InChI is InChI=1S/C24H26N4O2/c1-17-20(13-23(30)27(2)15-19-11-12-25-16-26-19)24-21(9-6-10-22(24)29)28(17)14-18-7-4-3-5-8-18/h3-5,7-8,11-12,16H,6,9-10,13-15H2,1-2H3. The Bertz CT molecular complexity index is 1060. The molecule has 0 saturated carbocycles. The van der Waals surface area contributed by atoms with E-state index in [0.29, 0.717) is 19.5 Å². The number of nitrogens with zero attached hydrogens (tertiary/aromatic N) is 4. The number of benzene rings is 1. The van der Waals surface area contributed by atoms with E-state index in [1.165, 1.54) is 11.9 Å². The Balaban J connectivity index is 1.62. The molecule has 3 aromatic rings. The average molecular weight is 402 g/mol. The molecule has 0 bridgehead atoms. The molecule has 0 fully saturated rings. The highest BCUT2D eigenvalue weighted by Crippen LogP contribution is 2.31. The number of amides is 1. The molecule has 6 heteroatoms. The first-order chi connectivity index (χ1) is 14.5. The van der Waals surface area contributed by atoms with Gasteiger partial charge in [-0.15, -0.1) is 0 Å². The number of carbonyl (C=O) groups is 2. The van der Waals surface area contributed by atoms with Gasteiger partial charge in [0.1, 0.15) is 6.33 Å². The van der Waals surface area contributed by atoms with Crippen molar-refractivity contribution in [1.29, 1.82) is 0 Å². The van der Waals surface area contributed by atoms with Crippen molar-refractivity contribution in [3.05, 3.63) is 82.7 Å². The Morgan fingerprint density at radius 1 is 1.17 bits per heavy atom. The highest BCUT2D eigenvalue weighted by Gasteiger charge is 2.29. The van der Waals surface area contributed by atoms with Crippen LogP contribution in [0.1, 0.15) is 51.4 Å². The molecule has 1 aromatic carbocycles. The van der Waals surface area contributed by atoms with E-state index in [1.54, 1.807) is 24.2 Å². The van der Waals surface area contributed by atoms with Gasteiger partial charge in [-0.1, -0.05) is 30.3 Å². The molecule has 1 amide bonds. The number of hydrogen-bond acceptors (Lipinski definition) is 4. The molecular formula is C24H26N4O2. The number of aromatic nitrogens is 3. The van der Waals surface area contributed by atoms with Crippen LogP contribution in [-0.2, 0) is 30.7 Å². The van der Waals surface area contributed by atoms with E-state index >= 15 is 0 Å². The molecule has 0 spiro atoms. The van der Waals surface area contributed by atoms with Crippen LogP contribution in [0, 0.1) is 6.92 Å². The van der Waals surface area contributed by atoms with Gasteiger partial charge < -0.3 is 9.47 Å². The SMILES string of the molecule is Cc1c(CC(=O)N(C)Cc2ccncn2)c2c(n1Cc1ccccc1)CCCC2=O. The number of fused-ring (bicyclic) bond motifs is 1. The summed E-state index contributed by atoms with van der Waals surface area (Å²) in [6, 6.07) is 12.0. The second kappa shape index (κ2) is 8.61. The number of likely N-dealkylation sites (N-methyl/N-ethyl adjacent to an activating group) is 1. The molecule has 30 heavy (non-hydrogen) atoms. The van der Waals surface area contributed by atoms with Gasteiger partial charge >= 0.3 is 0 Å². The monoisotopic (exact) mass is 402 g/mol. The maximum Gasteiger partial charge on any atom is 0.227 e. The van der Waals surface area contributed by atoms with E-state index in [0.717, 1.165) is 41.1 Å². The summed E-state index contributed by atoms with van der Waals surface area (Å²) in [4.78, 5) is 35.6. The Hall–Kier alpha value is -3.28. The first-order valence-electron chi connectivity index (χ1n) is 10.3. The van der Waals surface area contributed by atoms with Gasteiger partial charge in [-0.05, 0) is 37.0 Å². The lowest BCUT2D eigenvalue weighted by Gasteiger charge is -2.18. The third-order valence-electron chi connectivity index (χ3n) is 5.83. The Morgan fingerprint density at radius 2 is 1.97 bits per heavy atom. The van der Waals surface area contributed by atoms with Crippen LogP contribution in [0.3, 0.4) is 0 Å². The fraction of sp³-hybridized carbons (Fsp3) is 0.333. The molecule has 2 heterocycles. The molecule has 0 atom stereocenters. The zero-order valence-corrected chi connectivity index (χ0v) is 17.5. The molecule has 0 unspecified atom stereocenters. The first kappa shape index (κ1) is 20.0. The maximum absolute atomic E-state index is 13.0. The molecule has 154 valence electrons. The van der Waals surface area contributed by atoms with E-state index in [4.69, 9.17) is 0 Å². The lowest BCUT2D eigenvalue weighted by atomic mass is 9.92. The zero-order chi connectivity index (χ0) is 21.1. The molecule has 0 N–H and O–H groups in total. The largest absolute Gasteiger partial charge is 0.343 e. The van der Waals surface area contributed by atoms with Gasteiger partial charge in [-0.2, -0.15) is 0 Å². The number of Topliss-reactive ketones (excluding diaryl/α,β-unsaturated/α-hetero) is 1. The number of ketones is 1. The van der Waals surface area contributed by atoms with Crippen LogP contribution in [0.4, 0.5) is 0 Å². The van der Waals surface area contributed by atoms with Gasteiger partial charge in [0.25, 0.3) is 0 Å². The van der Waals surface area contributed by atoms with Crippen molar-refractivity contribution in [2.45, 2.75) is 45.7 Å². The van der Waals surface area contributed by atoms with Gasteiger partial charge in [0.15, 0.2) is 5.78 Å². The zero-order valence-electron chi connectivity index (χ0n) is 17.5. The Kier molecular flexibility index (Phi) is 5.74. The number of rotatable bonds is 6. The molecule has 6 nitrogen and oxygen atoms in total. The van der Waals surface area contributed by atoms with E-state index in [9.17, 15) is 9.59 Å². The molecule has 4 rings (SSSR count). The summed E-state index contributed by atoms with van der Waals surface area (Å²) in [5.41, 5.74) is 5.73. The summed E-state index contributed by atoms with van der Waals surface area (Å²) < 4.78 is 2.23. The van der Waals surface area contributed by atoms with Crippen LogP contribution in [0.2, 0.25) is 0 Å². The van der Waals surface area contributed by atoms with Gasteiger partial charge in [0, 0.05) is 43.2 Å². The van der Waals surface area contributed by atoms with Crippen molar-refractivity contribution in [3.63, 3.8) is 0 Å². The average Bonchev–Trinajstić information content (AvgIpc) is 3.02. The van der Waals surface area contributed by atoms with Crippen LogP contribution >= 0.6 is 0 Å². The molecule has 2 aromatic heterocycles. The summed E-state index contributed by atoms with van der Waals surface area (Å²) in [6.45, 7) is 3.16. The predicted octanol–water partition coefficient (Wildman–Crippen LogP) is 3.35. The minimum Gasteiger partial charge on any atom is -0.343 e. The second-order valence-corrected chi connectivity index (χ2v) is 7.86. The fourth-order valence-electron chi connectivity index (χ4n) is 4.21. The third-order valence-corrected chi connectivity index (χ3v) is 5.83. The van der Waals surface area contributed by atoms with Crippen molar-refractivity contribution >= 4 is 11.7 Å². The fourth-order valence-corrected chi connectivity index (χ4v) is 4.21. The molecule has 1 aliphatic carbocycles. The van der Waals surface area contributed by atoms with E-state index in [-0.39, 0.29) is 18.1 Å². The topological polar surface area (TPSA) is 68.1 Å². The summed E-state index contributed by atoms with van der Waals surface area (Å²) in [6.07, 6.45) is 5.67. The minimum atomic E-state index is -0.0188. The molecular weight excluding hydrogens is 376 g/mol. The van der Waals surface area contributed by atoms with E-state index < -0.39 is 0 Å². The Morgan fingerprint density at radius 3 is 2.70 bits per heavy atom. The van der Waals surface area contributed by atoms with E-state index in [2.05, 4.69) is 26.7 Å². The maximum atomic E-state index is 13.0. The smallest absolute Gasteiger partial charge is 0.227 e. The van der Waals surface area contributed by atoms with Crippen molar-refractivity contribution < 1.29 is 9.59 Å². The number of hydrogen-bond donors (Lipinski definition) is 0. The van der Waals surface area contributed by atoms with E-state index in [1.807, 2.05) is 25.1 Å². The van der Waals surface area contributed by atoms with Crippen molar-refractivity contribution in [2.24, 2.45) is 0 Å². The molecule has 0 radical (unpaired) electrons. The van der Waals surface area contributed by atoms with Gasteiger partial charge in [0.2, 0.25) is 5.91 Å². The summed E-state index contributed by atoms with van der Waals surface area (Å²) >= 11 is 0.